The van der Waals surface area contributed by atoms with E-state index in [0.29, 0.717) is 35.3 Å². The lowest BCUT2D eigenvalue weighted by atomic mass is 10.1. The molecule has 158 valence electrons. The van der Waals surface area contributed by atoms with Gasteiger partial charge in [-0.3, -0.25) is 5.10 Å². The molecule has 8 heteroatoms. The molecular weight excluding hydrogens is 417 g/mol. The maximum atomic E-state index is 15.0. The molecular formula is C25H16FN7. The summed E-state index contributed by atoms with van der Waals surface area (Å²) >= 11 is 0. The van der Waals surface area contributed by atoms with E-state index in [9.17, 15) is 4.39 Å². The molecule has 0 spiro atoms. The number of anilines is 1. The van der Waals surface area contributed by atoms with E-state index < -0.39 is 6.30 Å². The van der Waals surface area contributed by atoms with Crippen molar-refractivity contribution >= 4 is 16.9 Å². The highest BCUT2D eigenvalue weighted by Gasteiger charge is 2.31. The van der Waals surface area contributed by atoms with Gasteiger partial charge in [-0.15, -0.1) is 0 Å². The molecule has 0 bridgehead atoms. The maximum Gasteiger partial charge on any atom is 0.228 e. The summed E-state index contributed by atoms with van der Waals surface area (Å²) in [5, 5.41) is 7.94. The van der Waals surface area contributed by atoms with Crippen LogP contribution in [0.15, 0.2) is 73.2 Å². The van der Waals surface area contributed by atoms with Crippen molar-refractivity contribution in [2.45, 2.75) is 12.8 Å². The Labute approximate surface area is 188 Å². The molecule has 3 aromatic heterocycles. The number of hydrogen-bond donors (Lipinski definition) is 1. The van der Waals surface area contributed by atoms with Crippen LogP contribution in [0.3, 0.4) is 0 Å². The van der Waals surface area contributed by atoms with E-state index in [4.69, 9.17) is 0 Å². The smallest absolute Gasteiger partial charge is 0.228 e. The van der Waals surface area contributed by atoms with Crippen molar-refractivity contribution in [2.24, 2.45) is 0 Å². The minimum absolute atomic E-state index is 0.296. The average molecular weight is 433 g/mol. The average Bonchev–Trinajstić information content (AvgIpc) is 3.47. The van der Waals surface area contributed by atoms with Gasteiger partial charge >= 0.3 is 0 Å². The van der Waals surface area contributed by atoms with Gasteiger partial charge in [0.05, 0.1) is 11.7 Å². The lowest BCUT2D eigenvalue weighted by Crippen LogP contribution is -2.20. The van der Waals surface area contributed by atoms with Crippen molar-refractivity contribution < 1.29 is 4.39 Å². The summed E-state index contributed by atoms with van der Waals surface area (Å²) in [5.74, 6) is 6.89. The van der Waals surface area contributed by atoms with Crippen LogP contribution in [0.4, 0.5) is 10.3 Å². The third-order valence-corrected chi connectivity index (χ3v) is 5.49. The van der Waals surface area contributed by atoms with Crippen molar-refractivity contribution in [3.63, 3.8) is 0 Å². The highest BCUT2D eigenvalue weighted by molar-refractivity contribution is 5.79. The molecule has 0 radical (unpaired) electrons. The number of nitrogens with one attached hydrogen (secondary N) is 1. The van der Waals surface area contributed by atoms with E-state index in [-0.39, 0.29) is 0 Å². The summed E-state index contributed by atoms with van der Waals surface area (Å²) < 4.78 is 15.0. The van der Waals surface area contributed by atoms with Gasteiger partial charge in [-0.25, -0.2) is 24.3 Å². The Hall–Kier alpha value is -4.64. The van der Waals surface area contributed by atoms with Crippen LogP contribution in [-0.2, 0) is 6.54 Å². The quantitative estimate of drug-likeness (QED) is 0.332. The predicted octanol–water partition coefficient (Wildman–Crippen LogP) is 4.20. The van der Waals surface area contributed by atoms with E-state index in [1.165, 1.54) is 4.90 Å². The van der Waals surface area contributed by atoms with Gasteiger partial charge in [0, 0.05) is 35.5 Å². The Morgan fingerprint density at radius 2 is 1.88 bits per heavy atom. The molecule has 1 unspecified atom stereocenters. The highest BCUT2D eigenvalue weighted by Crippen LogP contribution is 2.36. The van der Waals surface area contributed by atoms with Crippen LogP contribution >= 0.6 is 0 Å². The van der Waals surface area contributed by atoms with E-state index >= 15 is 0 Å². The van der Waals surface area contributed by atoms with Crippen LogP contribution in [0.2, 0.25) is 0 Å². The van der Waals surface area contributed by atoms with Gasteiger partial charge < -0.3 is 4.90 Å². The summed E-state index contributed by atoms with van der Waals surface area (Å²) in [6.45, 7) is 0.411. The summed E-state index contributed by atoms with van der Waals surface area (Å²) in [5.41, 5.74) is 4.46. The molecule has 1 aliphatic rings. The van der Waals surface area contributed by atoms with E-state index in [1.54, 1.807) is 36.8 Å². The van der Waals surface area contributed by atoms with Gasteiger partial charge in [0.15, 0.2) is 5.82 Å². The first kappa shape index (κ1) is 19.1. The summed E-state index contributed by atoms with van der Waals surface area (Å²) in [6, 6.07) is 16.7. The molecule has 0 saturated heterocycles. The molecule has 0 saturated carbocycles. The Bertz CT molecular complexity index is 1550. The molecule has 1 aliphatic heterocycles. The minimum Gasteiger partial charge on any atom is -0.302 e. The van der Waals surface area contributed by atoms with Gasteiger partial charge in [-0.1, -0.05) is 30.2 Å². The number of hydrogen-bond acceptors (Lipinski definition) is 6. The first-order valence-corrected chi connectivity index (χ1v) is 10.3. The number of rotatable bonds is 2. The first-order chi connectivity index (χ1) is 16.2. The van der Waals surface area contributed by atoms with Crippen molar-refractivity contribution in [3.8, 4) is 23.4 Å². The SMILES string of the molecule is FC1c2ccccc2CN1c1nccc(-c2nccc(C#Cc3ccc4[nH]ncc4c3)n2)n1. The molecule has 0 aliphatic carbocycles. The number of alkyl halides is 1. The van der Waals surface area contributed by atoms with E-state index in [2.05, 4.69) is 42.0 Å². The second-order valence-corrected chi connectivity index (χ2v) is 7.59. The van der Waals surface area contributed by atoms with Crippen molar-refractivity contribution in [1.29, 1.82) is 0 Å². The lowest BCUT2D eigenvalue weighted by molar-refractivity contribution is 0.341. The predicted molar refractivity (Wildman–Crippen MR) is 122 cm³/mol. The van der Waals surface area contributed by atoms with Gasteiger partial charge in [0.2, 0.25) is 12.2 Å². The third kappa shape index (κ3) is 3.55. The van der Waals surface area contributed by atoms with E-state index in [0.717, 1.165) is 22.0 Å². The van der Waals surface area contributed by atoms with Crippen LogP contribution in [0.1, 0.15) is 28.7 Å². The largest absolute Gasteiger partial charge is 0.302 e. The zero-order chi connectivity index (χ0) is 22.2. The van der Waals surface area contributed by atoms with Gasteiger partial charge in [-0.05, 0) is 41.8 Å². The number of aromatic nitrogens is 6. The second-order valence-electron chi connectivity index (χ2n) is 7.59. The highest BCUT2D eigenvalue weighted by atomic mass is 19.1. The molecule has 0 fully saturated rings. The fourth-order valence-corrected chi connectivity index (χ4v) is 3.83. The molecule has 5 aromatic rings. The zero-order valence-electron chi connectivity index (χ0n) is 17.3. The van der Waals surface area contributed by atoms with Crippen molar-refractivity contribution in [3.05, 3.63) is 95.6 Å². The lowest BCUT2D eigenvalue weighted by Gasteiger charge is -2.19. The Balaban J connectivity index is 1.28. The topological polar surface area (TPSA) is 83.5 Å². The van der Waals surface area contributed by atoms with Crippen LogP contribution < -0.4 is 4.90 Å². The molecule has 33 heavy (non-hydrogen) atoms. The number of benzene rings is 2. The third-order valence-electron chi connectivity index (χ3n) is 5.49. The van der Waals surface area contributed by atoms with Crippen LogP contribution in [0.5, 0.6) is 0 Å². The Morgan fingerprint density at radius 3 is 2.82 bits per heavy atom. The first-order valence-electron chi connectivity index (χ1n) is 10.3. The molecule has 0 amide bonds. The molecule has 6 rings (SSSR count). The number of fused-ring (bicyclic) bond motifs is 2. The fraction of sp³-hybridized carbons (Fsp3) is 0.0800. The summed E-state index contributed by atoms with van der Waals surface area (Å²) in [4.78, 5) is 19.2. The standard InChI is InChI=1S/C25H16FN7/c26-23-20-4-2-1-3-17(20)15-33(23)25-28-12-10-22(31-25)24-27-11-9-19(30-24)7-5-16-6-8-21-18(13-16)14-29-32-21/h1-4,6,8-14,23H,15H2,(H,29,32). The maximum absolute atomic E-state index is 15.0. The number of nitrogens with zero attached hydrogens (tertiary/aromatic N) is 6. The fourth-order valence-electron chi connectivity index (χ4n) is 3.83. The Morgan fingerprint density at radius 1 is 0.970 bits per heavy atom. The molecule has 4 heterocycles. The molecule has 7 nitrogen and oxygen atoms in total. The second kappa shape index (κ2) is 7.80. The van der Waals surface area contributed by atoms with Crippen molar-refractivity contribution in [2.75, 3.05) is 4.90 Å². The van der Waals surface area contributed by atoms with Crippen LogP contribution in [0, 0.1) is 11.8 Å². The molecule has 2 aromatic carbocycles. The van der Waals surface area contributed by atoms with Gasteiger partial charge in [0.25, 0.3) is 0 Å². The minimum atomic E-state index is -1.29. The summed E-state index contributed by atoms with van der Waals surface area (Å²) in [6.07, 6.45) is 3.70. The normalized spacial score (nSPS) is 14.7. The number of halogens is 1. The molecule has 1 N–H and O–H groups in total. The molecule has 1 atom stereocenters. The number of H-pyrrole nitrogens is 1. The van der Waals surface area contributed by atoms with Gasteiger partial charge in [0.1, 0.15) is 11.4 Å². The Kier molecular flexibility index (Phi) is 4.51. The van der Waals surface area contributed by atoms with Crippen LogP contribution in [0.25, 0.3) is 22.4 Å². The van der Waals surface area contributed by atoms with Gasteiger partial charge in [-0.2, -0.15) is 5.10 Å². The van der Waals surface area contributed by atoms with E-state index in [1.807, 2.05) is 36.4 Å². The summed E-state index contributed by atoms with van der Waals surface area (Å²) in [7, 11) is 0. The number of aromatic amines is 1. The van der Waals surface area contributed by atoms with Crippen molar-refractivity contribution in [1.82, 2.24) is 30.1 Å². The monoisotopic (exact) mass is 433 g/mol. The zero-order valence-corrected chi connectivity index (χ0v) is 17.3. The van der Waals surface area contributed by atoms with Crippen LogP contribution in [-0.4, -0.2) is 30.1 Å².